The van der Waals surface area contributed by atoms with Crippen molar-refractivity contribution in [2.24, 2.45) is 0 Å². The van der Waals surface area contributed by atoms with Gasteiger partial charge < -0.3 is 14.6 Å². The molecule has 0 fully saturated rings. The molecule has 1 heterocycles. The normalized spacial score (nSPS) is 11.7. The average Bonchev–Trinajstić information content (AvgIpc) is 3.15. The number of amides is 1. The van der Waals surface area contributed by atoms with Gasteiger partial charge in [0.05, 0.1) is 6.33 Å². The molecule has 0 aliphatic rings. The Hall–Kier alpha value is -3.08. The summed E-state index contributed by atoms with van der Waals surface area (Å²) in [4.78, 5) is 16.2. The number of benzene rings is 2. The fraction of sp³-hybridized carbons (Fsp3) is 0.158. The number of hydrogen-bond donors (Lipinski definition) is 1. The van der Waals surface area contributed by atoms with Crippen molar-refractivity contribution in [2.75, 3.05) is 0 Å². The van der Waals surface area contributed by atoms with Crippen molar-refractivity contribution in [3.05, 3.63) is 78.9 Å². The van der Waals surface area contributed by atoms with Crippen LogP contribution >= 0.6 is 0 Å². The van der Waals surface area contributed by atoms with Gasteiger partial charge in [-0.05, 0) is 36.8 Å². The van der Waals surface area contributed by atoms with Crippen LogP contribution in [0.2, 0.25) is 0 Å². The number of ether oxygens (including phenoxy) is 1. The minimum atomic E-state index is -0.544. The number of para-hydroxylation sites is 1. The Kier molecular flexibility index (Phi) is 4.91. The number of carbonyl (C=O) groups excluding carboxylic acids is 1. The molecular formula is C19H19N3O2. The summed E-state index contributed by atoms with van der Waals surface area (Å²) in [6.07, 6.45) is 4.83. The van der Waals surface area contributed by atoms with E-state index in [1.165, 1.54) is 0 Å². The smallest absolute Gasteiger partial charge is 0.261 e. The Morgan fingerprint density at radius 3 is 2.58 bits per heavy atom. The van der Waals surface area contributed by atoms with Crippen LogP contribution in [0.1, 0.15) is 12.5 Å². The van der Waals surface area contributed by atoms with Gasteiger partial charge in [0.2, 0.25) is 0 Å². The summed E-state index contributed by atoms with van der Waals surface area (Å²) in [5, 5.41) is 2.89. The standard InChI is InChI=1S/C19H19N3O2/c1-15(24-18-5-3-2-4-6-18)19(23)21-13-16-7-9-17(10-8-16)22-12-11-20-14-22/h2-12,14-15H,13H2,1H3,(H,21,23)/t15-/m1/s1. The van der Waals surface area contributed by atoms with Crippen LogP contribution in [-0.2, 0) is 11.3 Å². The highest BCUT2D eigenvalue weighted by atomic mass is 16.5. The zero-order valence-corrected chi connectivity index (χ0v) is 13.4. The third-order valence-corrected chi connectivity index (χ3v) is 3.63. The molecular weight excluding hydrogens is 302 g/mol. The summed E-state index contributed by atoms with van der Waals surface area (Å²) in [6.45, 7) is 2.20. The topological polar surface area (TPSA) is 56.1 Å². The first-order valence-electron chi connectivity index (χ1n) is 7.79. The molecule has 5 heteroatoms. The number of nitrogens with one attached hydrogen (secondary N) is 1. The second-order valence-corrected chi connectivity index (χ2v) is 5.43. The summed E-state index contributed by atoms with van der Waals surface area (Å²) in [7, 11) is 0. The van der Waals surface area contributed by atoms with Crippen LogP contribution in [0.15, 0.2) is 73.3 Å². The van der Waals surface area contributed by atoms with E-state index in [9.17, 15) is 4.79 Å². The van der Waals surface area contributed by atoms with Crippen molar-refractivity contribution in [1.82, 2.24) is 14.9 Å². The van der Waals surface area contributed by atoms with E-state index in [4.69, 9.17) is 4.74 Å². The monoisotopic (exact) mass is 321 g/mol. The second-order valence-electron chi connectivity index (χ2n) is 5.43. The van der Waals surface area contributed by atoms with Crippen molar-refractivity contribution in [3.8, 4) is 11.4 Å². The Bertz CT molecular complexity index is 768. The van der Waals surface area contributed by atoms with Crippen molar-refractivity contribution in [2.45, 2.75) is 19.6 Å². The third kappa shape index (κ3) is 4.01. The molecule has 3 aromatic rings. The van der Waals surface area contributed by atoms with Gasteiger partial charge in [-0.15, -0.1) is 0 Å². The molecule has 0 saturated carbocycles. The number of hydrogen-bond acceptors (Lipinski definition) is 3. The molecule has 1 N–H and O–H groups in total. The molecule has 0 spiro atoms. The Labute approximate surface area is 140 Å². The van der Waals surface area contributed by atoms with Gasteiger partial charge in [0, 0.05) is 24.6 Å². The number of imidazole rings is 1. The first-order valence-corrected chi connectivity index (χ1v) is 7.79. The maximum atomic E-state index is 12.1. The van der Waals surface area contributed by atoms with Gasteiger partial charge in [-0.3, -0.25) is 4.79 Å². The SMILES string of the molecule is C[C@@H](Oc1ccccc1)C(=O)NCc1ccc(-n2ccnc2)cc1. The Morgan fingerprint density at radius 2 is 1.92 bits per heavy atom. The Balaban J connectivity index is 1.52. The Morgan fingerprint density at radius 1 is 1.17 bits per heavy atom. The zero-order valence-electron chi connectivity index (χ0n) is 13.4. The van der Waals surface area contributed by atoms with E-state index in [0.29, 0.717) is 12.3 Å². The molecule has 0 aliphatic heterocycles. The quantitative estimate of drug-likeness (QED) is 0.759. The number of rotatable bonds is 6. The number of aromatic nitrogens is 2. The predicted octanol–water partition coefficient (Wildman–Crippen LogP) is 2.96. The van der Waals surface area contributed by atoms with E-state index in [-0.39, 0.29) is 5.91 Å². The van der Waals surface area contributed by atoms with Gasteiger partial charge in [0.25, 0.3) is 5.91 Å². The number of nitrogens with zero attached hydrogens (tertiary/aromatic N) is 2. The van der Waals surface area contributed by atoms with Crippen molar-refractivity contribution in [1.29, 1.82) is 0 Å². The predicted molar refractivity (Wildman–Crippen MR) is 91.9 cm³/mol. The summed E-state index contributed by atoms with van der Waals surface area (Å²) >= 11 is 0. The van der Waals surface area contributed by atoms with Gasteiger partial charge in [-0.25, -0.2) is 4.98 Å². The molecule has 3 rings (SSSR count). The van der Waals surface area contributed by atoms with Crippen LogP contribution in [0.4, 0.5) is 0 Å². The van der Waals surface area contributed by atoms with E-state index >= 15 is 0 Å². The minimum Gasteiger partial charge on any atom is -0.481 e. The van der Waals surface area contributed by atoms with Crippen LogP contribution in [0, 0.1) is 0 Å². The van der Waals surface area contributed by atoms with Gasteiger partial charge >= 0.3 is 0 Å². The van der Waals surface area contributed by atoms with Gasteiger partial charge in [0.15, 0.2) is 6.10 Å². The van der Waals surface area contributed by atoms with Crippen LogP contribution in [-0.4, -0.2) is 21.6 Å². The van der Waals surface area contributed by atoms with Crippen molar-refractivity contribution in [3.63, 3.8) is 0 Å². The lowest BCUT2D eigenvalue weighted by atomic mass is 10.2. The highest BCUT2D eigenvalue weighted by Crippen LogP contribution is 2.11. The van der Waals surface area contributed by atoms with Crippen LogP contribution in [0.5, 0.6) is 5.75 Å². The molecule has 1 amide bonds. The second kappa shape index (κ2) is 7.46. The van der Waals surface area contributed by atoms with Crippen molar-refractivity contribution < 1.29 is 9.53 Å². The first kappa shape index (κ1) is 15.8. The average molecular weight is 321 g/mol. The molecule has 1 atom stereocenters. The fourth-order valence-corrected chi connectivity index (χ4v) is 2.29. The largest absolute Gasteiger partial charge is 0.481 e. The lowest BCUT2D eigenvalue weighted by molar-refractivity contribution is -0.127. The van der Waals surface area contributed by atoms with E-state index in [1.54, 1.807) is 19.4 Å². The van der Waals surface area contributed by atoms with Crippen LogP contribution < -0.4 is 10.1 Å². The highest BCUT2D eigenvalue weighted by Gasteiger charge is 2.14. The molecule has 2 aromatic carbocycles. The molecule has 0 radical (unpaired) electrons. The maximum absolute atomic E-state index is 12.1. The lowest BCUT2D eigenvalue weighted by Gasteiger charge is -2.14. The third-order valence-electron chi connectivity index (χ3n) is 3.63. The van der Waals surface area contributed by atoms with Crippen LogP contribution in [0.3, 0.4) is 0 Å². The molecule has 122 valence electrons. The lowest BCUT2D eigenvalue weighted by Crippen LogP contribution is -2.35. The fourth-order valence-electron chi connectivity index (χ4n) is 2.29. The molecule has 24 heavy (non-hydrogen) atoms. The van der Waals surface area contributed by atoms with Gasteiger partial charge in [-0.2, -0.15) is 0 Å². The van der Waals surface area contributed by atoms with Gasteiger partial charge in [-0.1, -0.05) is 30.3 Å². The first-order chi connectivity index (χ1) is 11.7. The summed E-state index contributed by atoms with van der Waals surface area (Å²) in [5.41, 5.74) is 2.06. The van der Waals surface area contributed by atoms with E-state index < -0.39 is 6.10 Å². The maximum Gasteiger partial charge on any atom is 0.261 e. The van der Waals surface area contributed by atoms with E-state index in [0.717, 1.165) is 11.3 Å². The molecule has 0 aliphatic carbocycles. The highest BCUT2D eigenvalue weighted by molar-refractivity contribution is 5.80. The molecule has 1 aromatic heterocycles. The molecule has 0 saturated heterocycles. The molecule has 0 bridgehead atoms. The van der Waals surface area contributed by atoms with Crippen LogP contribution in [0.25, 0.3) is 5.69 Å². The minimum absolute atomic E-state index is 0.141. The van der Waals surface area contributed by atoms with Crippen molar-refractivity contribution >= 4 is 5.91 Å². The summed E-state index contributed by atoms with van der Waals surface area (Å²) < 4.78 is 7.54. The zero-order chi connectivity index (χ0) is 16.8. The summed E-state index contributed by atoms with van der Waals surface area (Å²) in [6, 6.07) is 17.3. The van der Waals surface area contributed by atoms with E-state index in [1.807, 2.05) is 65.4 Å². The summed E-state index contributed by atoms with van der Waals surface area (Å²) in [5.74, 6) is 0.544. The molecule has 5 nitrogen and oxygen atoms in total. The van der Waals surface area contributed by atoms with Gasteiger partial charge in [0.1, 0.15) is 5.75 Å². The van der Waals surface area contributed by atoms with E-state index in [2.05, 4.69) is 10.3 Å². The number of carbonyl (C=O) groups is 1. The molecule has 0 unspecified atom stereocenters.